The predicted octanol–water partition coefficient (Wildman–Crippen LogP) is 4.30. The highest BCUT2D eigenvalue weighted by molar-refractivity contribution is 8.00. The highest BCUT2D eigenvalue weighted by Crippen LogP contribution is 2.33. The van der Waals surface area contributed by atoms with Gasteiger partial charge in [-0.1, -0.05) is 11.8 Å². The van der Waals surface area contributed by atoms with Crippen LogP contribution in [0.1, 0.15) is 6.92 Å². The smallest absolute Gasteiger partial charge is 0.234 e. The second kappa shape index (κ2) is 9.41. The number of rotatable bonds is 7. The second-order valence-electron chi connectivity index (χ2n) is 7.24. The summed E-state index contributed by atoms with van der Waals surface area (Å²) in [6.45, 7) is 3.61. The summed E-state index contributed by atoms with van der Waals surface area (Å²) in [4.78, 5) is 17.0. The van der Waals surface area contributed by atoms with Crippen molar-refractivity contribution in [1.29, 1.82) is 0 Å². The molecule has 33 heavy (non-hydrogen) atoms. The molecule has 0 radical (unpaired) electrons. The molecule has 5 rings (SSSR count). The number of nitrogens with zero attached hydrogens (tertiary/aromatic N) is 3. The summed E-state index contributed by atoms with van der Waals surface area (Å²) in [7, 11) is 0. The molecule has 1 amide bonds. The Kier molecular flexibility index (Phi) is 6.03. The van der Waals surface area contributed by atoms with Crippen LogP contribution in [0.3, 0.4) is 0 Å². The van der Waals surface area contributed by atoms with Crippen LogP contribution >= 0.6 is 11.8 Å². The van der Waals surface area contributed by atoms with Crippen molar-refractivity contribution in [1.82, 2.24) is 14.6 Å². The van der Waals surface area contributed by atoms with Crippen molar-refractivity contribution >= 4 is 28.9 Å². The molecule has 0 saturated carbocycles. The quantitative estimate of drug-likeness (QED) is 0.410. The molecule has 0 bridgehead atoms. The van der Waals surface area contributed by atoms with Crippen LogP contribution in [0.4, 0.5) is 5.69 Å². The number of hydrogen-bond donors (Lipinski definition) is 1. The zero-order valence-corrected chi connectivity index (χ0v) is 18.8. The molecule has 1 N–H and O–H groups in total. The molecule has 0 fully saturated rings. The number of nitrogens with one attached hydrogen (secondary N) is 1. The number of benzene rings is 2. The molecule has 9 heteroatoms. The average Bonchev–Trinajstić information content (AvgIpc) is 3.28. The van der Waals surface area contributed by atoms with Crippen LogP contribution in [0.25, 0.3) is 16.8 Å². The topological polar surface area (TPSA) is 87.0 Å². The van der Waals surface area contributed by atoms with E-state index in [4.69, 9.17) is 14.2 Å². The van der Waals surface area contributed by atoms with E-state index in [1.807, 2.05) is 37.3 Å². The number of thioether (sulfide) groups is 1. The zero-order chi connectivity index (χ0) is 22.6. The van der Waals surface area contributed by atoms with Crippen molar-refractivity contribution in [2.45, 2.75) is 11.9 Å². The zero-order valence-electron chi connectivity index (χ0n) is 18.0. The Morgan fingerprint density at radius 1 is 1.12 bits per heavy atom. The van der Waals surface area contributed by atoms with Gasteiger partial charge in [0.15, 0.2) is 11.5 Å². The number of anilines is 1. The number of amides is 1. The normalized spacial score (nSPS) is 12.5. The summed E-state index contributed by atoms with van der Waals surface area (Å²) in [6, 6.07) is 15.2. The second-order valence-corrected chi connectivity index (χ2v) is 8.21. The molecular formula is C24H22N4O4S. The lowest BCUT2D eigenvalue weighted by Crippen LogP contribution is -2.17. The monoisotopic (exact) mass is 462 g/mol. The lowest BCUT2D eigenvalue weighted by Gasteiger charge is -2.19. The van der Waals surface area contributed by atoms with E-state index in [0.29, 0.717) is 37.0 Å². The van der Waals surface area contributed by atoms with Crippen molar-refractivity contribution in [3.8, 4) is 28.5 Å². The lowest BCUT2D eigenvalue weighted by atomic mass is 10.1. The average molecular weight is 463 g/mol. The molecule has 0 atom stereocenters. The molecule has 0 spiro atoms. The van der Waals surface area contributed by atoms with Crippen molar-refractivity contribution in [2.75, 3.05) is 30.9 Å². The van der Waals surface area contributed by atoms with E-state index in [2.05, 4.69) is 15.4 Å². The summed E-state index contributed by atoms with van der Waals surface area (Å²) >= 11 is 1.36. The Balaban J connectivity index is 1.27. The van der Waals surface area contributed by atoms with Gasteiger partial charge in [0.2, 0.25) is 5.91 Å². The van der Waals surface area contributed by atoms with Crippen molar-refractivity contribution in [3.63, 3.8) is 0 Å². The Morgan fingerprint density at radius 2 is 1.94 bits per heavy atom. The number of carbonyl (C=O) groups is 1. The van der Waals surface area contributed by atoms with Crippen LogP contribution in [0.2, 0.25) is 0 Å². The molecule has 3 heterocycles. The Morgan fingerprint density at radius 3 is 2.76 bits per heavy atom. The van der Waals surface area contributed by atoms with Gasteiger partial charge in [0.1, 0.15) is 24.0 Å². The molecule has 0 unspecified atom stereocenters. The van der Waals surface area contributed by atoms with Gasteiger partial charge in [0, 0.05) is 29.7 Å². The third kappa shape index (κ3) is 4.73. The largest absolute Gasteiger partial charge is 0.494 e. The fourth-order valence-corrected chi connectivity index (χ4v) is 4.27. The SMILES string of the molecule is CCOc1ccc(-c2cc3c(SCC(=O)Nc4ccc5c(c4)OCCO5)nccn3n2)cc1. The molecular weight excluding hydrogens is 440 g/mol. The molecule has 0 saturated heterocycles. The Bertz CT molecular complexity index is 1290. The first kappa shape index (κ1) is 21.1. The maximum atomic E-state index is 12.5. The van der Waals surface area contributed by atoms with E-state index in [-0.39, 0.29) is 11.7 Å². The van der Waals surface area contributed by atoms with Crippen molar-refractivity contribution in [2.24, 2.45) is 0 Å². The van der Waals surface area contributed by atoms with Crippen LogP contribution in [-0.2, 0) is 4.79 Å². The molecule has 2 aromatic carbocycles. The first-order valence-electron chi connectivity index (χ1n) is 10.6. The van der Waals surface area contributed by atoms with Crippen LogP contribution in [0.15, 0.2) is 66.0 Å². The van der Waals surface area contributed by atoms with E-state index in [1.54, 1.807) is 35.1 Å². The summed E-state index contributed by atoms with van der Waals surface area (Å²) in [5, 5.41) is 8.29. The molecule has 168 valence electrons. The third-order valence-electron chi connectivity index (χ3n) is 4.98. The van der Waals surface area contributed by atoms with Gasteiger partial charge < -0.3 is 19.5 Å². The molecule has 4 aromatic rings. The highest BCUT2D eigenvalue weighted by atomic mass is 32.2. The fraction of sp³-hybridized carbons (Fsp3) is 0.208. The van der Waals surface area contributed by atoms with Gasteiger partial charge in [-0.15, -0.1) is 0 Å². The van der Waals surface area contributed by atoms with E-state index in [9.17, 15) is 4.79 Å². The van der Waals surface area contributed by atoms with E-state index in [0.717, 1.165) is 27.5 Å². The lowest BCUT2D eigenvalue weighted by molar-refractivity contribution is -0.113. The molecule has 1 aliphatic heterocycles. The Labute approximate surface area is 194 Å². The van der Waals surface area contributed by atoms with Gasteiger partial charge in [0.25, 0.3) is 0 Å². The molecule has 1 aliphatic rings. The van der Waals surface area contributed by atoms with Crippen LogP contribution in [0.5, 0.6) is 17.2 Å². The summed E-state index contributed by atoms with van der Waals surface area (Å²) in [5.74, 6) is 2.23. The third-order valence-corrected chi connectivity index (χ3v) is 5.98. The standard InChI is InChI=1S/C24H22N4O4S/c1-2-30-18-6-3-16(4-7-18)19-14-20-24(25-9-10-28(20)27-19)33-15-23(29)26-17-5-8-21-22(13-17)32-12-11-31-21/h3-10,13-14H,2,11-12,15H2,1H3,(H,26,29). The van der Waals surface area contributed by atoms with Gasteiger partial charge in [-0.05, 0) is 49.4 Å². The number of hydrogen-bond acceptors (Lipinski definition) is 7. The van der Waals surface area contributed by atoms with Gasteiger partial charge >= 0.3 is 0 Å². The number of fused-ring (bicyclic) bond motifs is 2. The predicted molar refractivity (Wildman–Crippen MR) is 126 cm³/mol. The first-order chi connectivity index (χ1) is 16.2. The minimum atomic E-state index is -0.133. The minimum absolute atomic E-state index is 0.133. The van der Waals surface area contributed by atoms with Gasteiger partial charge in [-0.25, -0.2) is 9.50 Å². The fourth-order valence-electron chi connectivity index (χ4n) is 3.49. The van der Waals surface area contributed by atoms with Gasteiger partial charge in [0.05, 0.1) is 23.6 Å². The van der Waals surface area contributed by atoms with Gasteiger partial charge in [-0.2, -0.15) is 5.10 Å². The highest BCUT2D eigenvalue weighted by Gasteiger charge is 2.14. The number of ether oxygens (including phenoxy) is 3. The van der Waals surface area contributed by atoms with Crippen molar-refractivity contribution in [3.05, 3.63) is 60.9 Å². The molecule has 8 nitrogen and oxygen atoms in total. The van der Waals surface area contributed by atoms with E-state index >= 15 is 0 Å². The molecule has 2 aromatic heterocycles. The van der Waals surface area contributed by atoms with Crippen LogP contribution in [-0.4, -0.2) is 46.1 Å². The first-order valence-corrected chi connectivity index (χ1v) is 11.6. The maximum Gasteiger partial charge on any atom is 0.234 e. The number of aromatic nitrogens is 3. The summed E-state index contributed by atoms with van der Waals surface area (Å²) < 4.78 is 18.4. The number of carbonyl (C=O) groups excluding carboxylic acids is 1. The minimum Gasteiger partial charge on any atom is -0.494 e. The van der Waals surface area contributed by atoms with E-state index < -0.39 is 0 Å². The van der Waals surface area contributed by atoms with Crippen LogP contribution in [0, 0.1) is 0 Å². The van der Waals surface area contributed by atoms with E-state index in [1.165, 1.54) is 11.8 Å². The molecule has 0 aliphatic carbocycles. The summed E-state index contributed by atoms with van der Waals surface area (Å²) in [5.41, 5.74) is 3.32. The van der Waals surface area contributed by atoms with Crippen molar-refractivity contribution < 1.29 is 19.0 Å². The van der Waals surface area contributed by atoms with Crippen LogP contribution < -0.4 is 19.5 Å². The summed E-state index contributed by atoms with van der Waals surface area (Å²) in [6.07, 6.45) is 3.48. The Hall–Kier alpha value is -3.72. The maximum absolute atomic E-state index is 12.5. The van der Waals surface area contributed by atoms with Gasteiger partial charge in [-0.3, -0.25) is 4.79 Å².